The number of ether oxygens (including phenoxy) is 1. The lowest BCUT2D eigenvalue weighted by Gasteiger charge is -2.13. The van der Waals surface area contributed by atoms with E-state index in [0.717, 1.165) is 0 Å². The van der Waals surface area contributed by atoms with Gasteiger partial charge in [0.15, 0.2) is 0 Å². The molecule has 5 nitrogen and oxygen atoms in total. The van der Waals surface area contributed by atoms with Crippen LogP contribution < -0.4 is 15.8 Å². The molecule has 1 aromatic rings. The minimum absolute atomic E-state index is 0.159. The first-order valence-corrected chi connectivity index (χ1v) is 6.52. The van der Waals surface area contributed by atoms with Crippen molar-refractivity contribution in [2.24, 2.45) is 5.73 Å². The summed E-state index contributed by atoms with van der Waals surface area (Å²) in [7, 11) is 0. The van der Waals surface area contributed by atoms with E-state index in [1.807, 2.05) is 12.1 Å². The smallest absolute Gasteiger partial charge is 0.217 e. The highest BCUT2D eigenvalue weighted by Gasteiger charge is 2.06. The first kappa shape index (κ1) is 15.8. The van der Waals surface area contributed by atoms with Crippen molar-refractivity contribution >= 4 is 17.5 Å². The minimum atomic E-state index is -0.634. The molecule has 0 aromatic heterocycles. The zero-order chi connectivity index (χ0) is 14.1. The van der Waals surface area contributed by atoms with Gasteiger partial charge in [-0.25, -0.2) is 0 Å². The van der Waals surface area contributed by atoms with E-state index in [0.29, 0.717) is 36.7 Å². The summed E-state index contributed by atoms with van der Waals surface area (Å²) in [6.45, 7) is 1.18. The molecule has 0 saturated carbocycles. The second kappa shape index (κ2) is 8.74. The number of para-hydroxylation sites is 1. The van der Waals surface area contributed by atoms with Gasteiger partial charge in [0, 0.05) is 13.0 Å². The molecule has 1 aromatic carbocycles. The van der Waals surface area contributed by atoms with Gasteiger partial charge in [-0.3, -0.25) is 4.79 Å². The Morgan fingerprint density at radius 3 is 2.89 bits per heavy atom. The number of hydrogen-bond donors (Lipinski definition) is 3. The molecule has 106 valence electrons. The van der Waals surface area contributed by atoms with Crippen molar-refractivity contribution < 1.29 is 14.6 Å². The molecule has 0 spiro atoms. The first-order chi connectivity index (χ1) is 9.09. The van der Waals surface area contributed by atoms with Crippen LogP contribution in [0.15, 0.2) is 24.3 Å². The zero-order valence-corrected chi connectivity index (χ0v) is 11.4. The number of carbonyl (C=O) groups excluding carboxylic acids is 1. The van der Waals surface area contributed by atoms with E-state index in [-0.39, 0.29) is 12.5 Å². The van der Waals surface area contributed by atoms with Gasteiger partial charge in [-0.15, -0.1) is 0 Å². The quantitative estimate of drug-likeness (QED) is 0.590. The van der Waals surface area contributed by atoms with E-state index < -0.39 is 6.10 Å². The number of benzene rings is 1. The Morgan fingerprint density at radius 1 is 1.47 bits per heavy atom. The number of aliphatic hydroxyl groups excluding tert-OH is 1. The number of hydrogen-bond acceptors (Lipinski definition) is 4. The lowest BCUT2D eigenvalue weighted by Crippen LogP contribution is -2.32. The predicted molar refractivity (Wildman–Crippen MR) is 74.3 cm³/mol. The van der Waals surface area contributed by atoms with Gasteiger partial charge in [-0.05, 0) is 25.1 Å². The molecular weight excluding hydrogens is 268 g/mol. The van der Waals surface area contributed by atoms with E-state index in [1.54, 1.807) is 12.1 Å². The molecule has 1 amide bonds. The van der Waals surface area contributed by atoms with Crippen LogP contribution in [0.4, 0.5) is 0 Å². The standard InChI is InChI=1S/C13H19ClN2O3/c14-11-4-1-2-5-12(11)19-9-10(17)8-16-7-3-6-13(15)18/h1-2,4-5,10,16-17H,3,6-9H2,(H2,15,18). The second-order valence-corrected chi connectivity index (χ2v) is 4.58. The summed E-state index contributed by atoms with van der Waals surface area (Å²) in [5.41, 5.74) is 5.01. The van der Waals surface area contributed by atoms with Crippen LogP contribution in [-0.4, -0.2) is 36.8 Å². The zero-order valence-electron chi connectivity index (χ0n) is 10.6. The minimum Gasteiger partial charge on any atom is -0.489 e. The molecule has 0 radical (unpaired) electrons. The van der Waals surface area contributed by atoms with Crippen molar-refractivity contribution in [2.45, 2.75) is 18.9 Å². The number of halogens is 1. The maximum absolute atomic E-state index is 10.5. The molecule has 1 rings (SSSR count). The molecule has 1 atom stereocenters. The molecule has 0 aliphatic carbocycles. The molecule has 0 bridgehead atoms. The summed E-state index contributed by atoms with van der Waals surface area (Å²) in [5.74, 6) is 0.237. The lowest BCUT2D eigenvalue weighted by atomic mass is 10.3. The Morgan fingerprint density at radius 2 is 2.21 bits per heavy atom. The van der Waals surface area contributed by atoms with Crippen LogP contribution in [0.25, 0.3) is 0 Å². The highest BCUT2D eigenvalue weighted by atomic mass is 35.5. The van der Waals surface area contributed by atoms with Gasteiger partial charge in [-0.2, -0.15) is 0 Å². The Labute approximate surface area is 117 Å². The van der Waals surface area contributed by atoms with Gasteiger partial charge < -0.3 is 20.9 Å². The van der Waals surface area contributed by atoms with E-state index >= 15 is 0 Å². The summed E-state index contributed by atoms with van der Waals surface area (Å²) in [5, 5.41) is 13.2. The molecule has 19 heavy (non-hydrogen) atoms. The number of aliphatic hydroxyl groups is 1. The summed E-state index contributed by atoms with van der Waals surface area (Å²) >= 11 is 5.92. The van der Waals surface area contributed by atoms with Gasteiger partial charge in [0.05, 0.1) is 5.02 Å². The van der Waals surface area contributed by atoms with Crippen LogP contribution in [0.5, 0.6) is 5.75 Å². The maximum Gasteiger partial charge on any atom is 0.217 e. The van der Waals surface area contributed by atoms with Crippen molar-refractivity contribution in [3.05, 3.63) is 29.3 Å². The lowest BCUT2D eigenvalue weighted by molar-refractivity contribution is -0.118. The average molecular weight is 287 g/mol. The topological polar surface area (TPSA) is 84.6 Å². The summed E-state index contributed by atoms with van der Waals surface area (Å²) in [4.78, 5) is 10.5. The molecule has 1 unspecified atom stereocenters. The molecule has 0 fully saturated rings. The summed E-state index contributed by atoms with van der Waals surface area (Å²) in [6.07, 6.45) is 0.372. The molecule has 0 aliphatic rings. The fraction of sp³-hybridized carbons (Fsp3) is 0.462. The van der Waals surface area contributed by atoms with Crippen LogP contribution >= 0.6 is 11.6 Å². The SMILES string of the molecule is NC(=O)CCCNCC(O)COc1ccccc1Cl. The summed E-state index contributed by atoms with van der Waals surface area (Å²) in [6, 6.07) is 7.10. The number of amides is 1. The van der Waals surface area contributed by atoms with E-state index in [1.165, 1.54) is 0 Å². The van der Waals surface area contributed by atoms with Gasteiger partial charge in [0.1, 0.15) is 18.5 Å². The largest absolute Gasteiger partial charge is 0.489 e. The third kappa shape index (κ3) is 7.00. The number of nitrogens with two attached hydrogens (primary N) is 1. The Hall–Kier alpha value is -1.30. The monoisotopic (exact) mass is 286 g/mol. The fourth-order valence-electron chi connectivity index (χ4n) is 1.46. The summed E-state index contributed by atoms with van der Waals surface area (Å²) < 4.78 is 5.40. The van der Waals surface area contributed by atoms with Crippen molar-refractivity contribution in [2.75, 3.05) is 19.7 Å². The van der Waals surface area contributed by atoms with Crippen molar-refractivity contribution in [1.82, 2.24) is 5.32 Å². The molecule has 0 heterocycles. The number of carbonyl (C=O) groups is 1. The molecule has 4 N–H and O–H groups in total. The van der Waals surface area contributed by atoms with Crippen LogP contribution in [0.1, 0.15) is 12.8 Å². The third-order valence-corrected chi connectivity index (χ3v) is 2.74. The number of nitrogens with one attached hydrogen (secondary N) is 1. The van der Waals surface area contributed by atoms with Gasteiger partial charge >= 0.3 is 0 Å². The van der Waals surface area contributed by atoms with E-state index in [4.69, 9.17) is 22.1 Å². The number of primary amides is 1. The van der Waals surface area contributed by atoms with Crippen molar-refractivity contribution in [3.8, 4) is 5.75 Å². The molecule has 0 saturated heterocycles. The Balaban J connectivity index is 2.13. The average Bonchev–Trinajstić information content (AvgIpc) is 2.37. The highest BCUT2D eigenvalue weighted by Crippen LogP contribution is 2.22. The van der Waals surface area contributed by atoms with Crippen LogP contribution in [0.3, 0.4) is 0 Å². The second-order valence-electron chi connectivity index (χ2n) is 4.17. The van der Waals surface area contributed by atoms with Crippen LogP contribution in [0.2, 0.25) is 5.02 Å². The third-order valence-electron chi connectivity index (χ3n) is 2.42. The molecule has 0 aliphatic heterocycles. The van der Waals surface area contributed by atoms with Gasteiger partial charge in [0.25, 0.3) is 0 Å². The fourth-order valence-corrected chi connectivity index (χ4v) is 1.65. The van der Waals surface area contributed by atoms with E-state index in [9.17, 15) is 9.90 Å². The highest BCUT2D eigenvalue weighted by molar-refractivity contribution is 6.32. The number of rotatable bonds is 9. The molecule has 6 heteroatoms. The van der Waals surface area contributed by atoms with Crippen molar-refractivity contribution in [1.29, 1.82) is 0 Å². The Kier molecular flexibility index (Phi) is 7.25. The first-order valence-electron chi connectivity index (χ1n) is 6.14. The van der Waals surface area contributed by atoms with Gasteiger partial charge in [-0.1, -0.05) is 23.7 Å². The van der Waals surface area contributed by atoms with Crippen molar-refractivity contribution in [3.63, 3.8) is 0 Å². The van der Waals surface area contributed by atoms with Crippen LogP contribution in [-0.2, 0) is 4.79 Å². The predicted octanol–water partition coefficient (Wildman–Crippen LogP) is 0.935. The van der Waals surface area contributed by atoms with Gasteiger partial charge in [0.2, 0.25) is 5.91 Å². The van der Waals surface area contributed by atoms with Crippen LogP contribution in [0, 0.1) is 0 Å². The normalized spacial score (nSPS) is 12.1. The maximum atomic E-state index is 10.5. The van der Waals surface area contributed by atoms with E-state index in [2.05, 4.69) is 5.32 Å². The molecular formula is C13H19ClN2O3. The Bertz CT molecular complexity index is 401.